The summed E-state index contributed by atoms with van der Waals surface area (Å²) in [6.45, 7) is 7.11. The summed E-state index contributed by atoms with van der Waals surface area (Å²) in [6.07, 6.45) is 0. The van der Waals surface area contributed by atoms with E-state index in [-0.39, 0.29) is 0 Å². The molecule has 0 unspecified atom stereocenters. The van der Waals surface area contributed by atoms with Crippen LogP contribution in [0.15, 0.2) is 10.4 Å². The second-order valence-electron chi connectivity index (χ2n) is 4.78. The lowest BCUT2D eigenvalue weighted by Crippen LogP contribution is -2.37. The highest BCUT2D eigenvalue weighted by Gasteiger charge is 2.07. The molecule has 4 N–H and O–H groups in total. The van der Waals surface area contributed by atoms with Crippen molar-refractivity contribution >= 4 is 0 Å². The van der Waals surface area contributed by atoms with E-state index in [2.05, 4.69) is 24.3 Å². The van der Waals surface area contributed by atoms with Gasteiger partial charge in [0.05, 0.1) is 13.1 Å². The molecule has 0 saturated heterocycles. The van der Waals surface area contributed by atoms with E-state index in [0.717, 1.165) is 26.2 Å². The van der Waals surface area contributed by atoms with Crippen LogP contribution in [0.5, 0.6) is 0 Å². The van der Waals surface area contributed by atoms with Crippen molar-refractivity contribution in [2.24, 2.45) is 22.1 Å². The summed E-state index contributed by atoms with van der Waals surface area (Å²) >= 11 is 0. The van der Waals surface area contributed by atoms with E-state index < -0.39 is 0 Å². The first-order chi connectivity index (χ1) is 8.32. The first-order valence-electron chi connectivity index (χ1n) is 6.14. The zero-order chi connectivity index (χ0) is 14.1. The van der Waals surface area contributed by atoms with Gasteiger partial charge in [-0.2, -0.15) is 0 Å². The third-order valence-corrected chi connectivity index (χ3v) is 2.36. The van der Waals surface area contributed by atoms with Gasteiger partial charge in [-0.15, -0.1) is 0 Å². The number of likely N-dealkylation sites (N-methyl/N-ethyl adjacent to an activating group) is 3. The summed E-state index contributed by atoms with van der Waals surface area (Å²) in [5.74, 6) is 11.1. The first-order valence-corrected chi connectivity index (χ1v) is 6.14. The van der Waals surface area contributed by atoms with Crippen molar-refractivity contribution in [2.75, 3.05) is 47.3 Å². The Labute approximate surface area is 110 Å². The van der Waals surface area contributed by atoms with Crippen molar-refractivity contribution < 1.29 is 0 Å². The molecule has 0 heterocycles. The number of nitrogens with zero attached hydrogens (tertiary/aromatic N) is 6. The van der Waals surface area contributed by atoms with Crippen LogP contribution in [0.4, 0.5) is 0 Å². The van der Waals surface area contributed by atoms with Gasteiger partial charge in [0.15, 0.2) is 0 Å². The van der Waals surface area contributed by atoms with Crippen molar-refractivity contribution in [1.82, 2.24) is 20.0 Å². The average Bonchev–Trinajstić information content (AvgIpc) is 2.25. The summed E-state index contributed by atoms with van der Waals surface area (Å²) in [6, 6.07) is 0.291. The van der Waals surface area contributed by atoms with E-state index in [1.807, 2.05) is 26.2 Å². The highest BCUT2D eigenvalue weighted by Crippen LogP contribution is 2.00. The van der Waals surface area contributed by atoms with E-state index in [1.165, 1.54) is 0 Å². The molecule has 0 fully saturated rings. The fourth-order valence-electron chi connectivity index (χ4n) is 1.13. The molecule has 0 bridgehead atoms. The lowest BCUT2D eigenvalue weighted by molar-refractivity contribution is 0.157. The Kier molecular flexibility index (Phi) is 8.55. The van der Waals surface area contributed by atoms with Crippen LogP contribution >= 0.6 is 0 Å². The van der Waals surface area contributed by atoms with E-state index in [9.17, 15) is 0 Å². The highest BCUT2D eigenvalue weighted by molar-refractivity contribution is 4.57. The molecular weight excluding hydrogens is 232 g/mol. The Morgan fingerprint density at radius 2 is 1.33 bits per heavy atom. The van der Waals surface area contributed by atoms with Crippen LogP contribution in [0.3, 0.4) is 0 Å². The lowest BCUT2D eigenvalue weighted by Gasteiger charge is -2.24. The van der Waals surface area contributed by atoms with Crippen molar-refractivity contribution in [3.63, 3.8) is 0 Å². The summed E-state index contributed by atoms with van der Waals surface area (Å²) < 4.78 is 0. The third kappa shape index (κ3) is 9.11. The van der Waals surface area contributed by atoms with E-state index in [4.69, 9.17) is 11.7 Å². The molecule has 0 rings (SSSR count). The Morgan fingerprint density at radius 3 is 1.78 bits per heavy atom. The Hall–Kier alpha value is -0.960. The van der Waals surface area contributed by atoms with Crippen LogP contribution in [0.25, 0.3) is 0 Å². The van der Waals surface area contributed by atoms with Gasteiger partial charge in [-0.1, -0.05) is 10.4 Å². The van der Waals surface area contributed by atoms with Gasteiger partial charge >= 0.3 is 0 Å². The molecule has 0 aliphatic carbocycles. The van der Waals surface area contributed by atoms with Crippen LogP contribution < -0.4 is 11.7 Å². The van der Waals surface area contributed by atoms with Gasteiger partial charge in [-0.05, 0) is 13.8 Å². The van der Waals surface area contributed by atoms with Crippen LogP contribution in [0.2, 0.25) is 0 Å². The van der Waals surface area contributed by atoms with Gasteiger partial charge in [0, 0.05) is 40.3 Å². The molecule has 0 spiro atoms. The molecule has 0 aromatic heterocycles. The Balaban J connectivity index is 4.13. The van der Waals surface area contributed by atoms with E-state index in [1.54, 1.807) is 15.0 Å². The van der Waals surface area contributed by atoms with Crippen LogP contribution in [-0.4, -0.2) is 73.4 Å². The maximum atomic E-state index is 5.58. The SMILES string of the molecule is CC(C)N(CCN(C)N)N=NN(C)CCN(C)N. The normalized spacial score (nSPS) is 12.1. The largest absolute Gasteiger partial charge is 0.279 e. The predicted molar refractivity (Wildman–Crippen MR) is 73.0 cm³/mol. The quantitative estimate of drug-likeness (QED) is 0.331. The fraction of sp³-hybridized carbons (Fsp3) is 1.00. The molecule has 0 aromatic carbocycles. The third-order valence-electron chi connectivity index (χ3n) is 2.36. The Morgan fingerprint density at radius 1 is 0.833 bits per heavy atom. The topological polar surface area (TPSA) is 89.7 Å². The summed E-state index contributed by atoms with van der Waals surface area (Å²) in [5, 5.41) is 15.3. The van der Waals surface area contributed by atoms with Gasteiger partial charge in [-0.25, -0.2) is 10.0 Å². The minimum absolute atomic E-state index is 0.291. The molecule has 0 radical (unpaired) electrons. The molecule has 0 amide bonds. The predicted octanol–water partition coefficient (Wildman–Crippen LogP) is -0.478. The molecule has 0 aliphatic rings. The van der Waals surface area contributed by atoms with Crippen molar-refractivity contribution in [3.05, 3.63) is 0 Å². The van der Waals surface area contributed by atoms with Crippen LogP contribution in [-0.2, 0) is 0 Å². The molecule has 0 aliphatic heterocycles. The van der Waals surface area contributed by atoms with E-state index in [0.29, 0.717) is 6.04 Å². The minimum Gasteiger partial charge on any atom is -0.279 e. The van der Waals surface area contributed by atoms with Gasteiger partial charge < -0.3 is 0 Å². The van der Waals surface area contributed by atoms with Gasteiger partial charge in [0.1, 0.15) is 0 Å². The summed E-state index contributed by atoms with van der Waals surface area (Å²) in [5.41, 5.74) is 0. The van der Waals surface area contributed by atoms with E-state index >= 15 is 0 Å². The van der Waals surface area contributed by atoms with Gasteiger partial charge in [0.25, 0.3) is 0 Å². The first kappa shape index (κ1) is 17.0. The lowest BCUT2D eigenvalue weighted by atomic mass is 10.4. The molecule has 108 valence electrons. The molecular formula is C10H28N8. The standard InChI is InChI=1S/C10H28N8/c1-10(2)18(9-7-16(4)12)14-13-17(5)8-6-15(3)11/h10H,6-9,11-12H2,1-5H3. The number of hydrazine groups is 2. The van der Waals surface area contributed by atoms with Crippen molar-refractivity contribution in [1.29, 1.82) is 0 Å². The number of hydrogen-bond acceptors (Lipinski definition) is 6. The van der Waals surface area contributed by atoms with Crippen molar-refractivity contribution in [2.45, 2.75) is 19.9 Å². The van der Waals surface area contributed by atoms with Crippen LogP contribution in [0.1, 0.15) is 13.8 Å². The smallest absolute Gasteiger partial charge is 0.0522 e. The van der Waals surface area contributed by atoms with Gasteiger partial charge in [0.2, 0.25) is 0 Å². The second-order valence-corrected chi connectivity index (χ2v) is 4.78. The number of nitrogens with two attached hydrogens (primary N) is 2. The molecule has 0 saturated carbocycles. The maximum absolute atomic E-state index is 5.58. The molecule has 8 heteroatoms. The molecule has 0 aromatic rings. The average molecular weight is 260 g/mol. The van der Waals surface area contributed by atoms with Gasteiger partial charge in [-0.3, -0.25) is 21.7 Å². The fourth-order valence-corrected chi connectivity index (χ4v) is 1.13. The number of rotatable bonds is 9. The number of hydrogen-bond donors (Lipinski definition) is 2. The molecule has 18 heavy (non-hydrogen) atoms. The Bertz CT molecular complexity index is 228. The second kappa shape index (κ2) is 9.03. The minimum atomic E-state index is 0.291. The summed E-state index contributed by atoms with van der Waals surface area (Å²) in [7, 11) is 5.53. The van der Waals surface area contributed by atoms with Crippen LogP contribution in [0, 0.1) is 0 Å². The summed E-state index contributed by atoms with van der Waals surface area (Å²) in [4.78, 5) is 0. The maximum Gasteiger partial charge on any atom is 0.0522 e. The van der Waals surface area contributed by atoms with Crippen molar-refractivity contribution in [3.8, 4) is 0 Å². The molecule has 8 nitrogen and oxygen atoms in total. The molecule has 0 atom stereocenters. The zero-order valence-electron chi connectivity index (χ0n) is 12.2. The highest BCUT2D eigenvalue weighted by atomic mass is 15.7. The zero-order valence-corrected chi connectivity index (χ0v) is 12.2. The monoisotopic (exact) mass is 260 g/mol.